The fourth-order valence-corrected chi connectivity index (χ4v) is 6.18. The van der Waals surface area contributed by atoms with Gasteiger partial charge in [0.25, 0.3) is 5.91 Å². The van der Waals surface area contributed by atoms with Crippen molar-refractivity contribution in [3.8, 4) is 6.19 Å². The number of nitriles is 1. The summed E-state index contributed by atoms with van der Waals surface area (Å²) < 4.78 is 5.82. The Hall–Kier alpha value is -3.86. The number of aliphatic hydroxyl groups is 2. The van der Waals surface area contributed by atoms with Gasteiger partial charge in [-0.15, -0.1) is 4.99 Å². The van der Waals surface area contributed by atoms with Crippen LogP contribution in [0, 0.1) is 17.4 Å². The molecule has 2 aliphatic heterocycles. The molecule has 1 amide bonds. The summed E-state index contributed by atoms with van der Waals surface area (Å²) in [5.74, 6) is -1.65. The number of rotatable bonds is 7. The van der Waals surface area contributed by atoms with Gasteiger partial charge in [-0.3, -0.25) is 9.69 Å². The topological polar surface area (TPSA) is 175 Å². The van der Waals surface area contributed by atoms with Crippen molar-refractivity contribution in [2.45, 2.75) is 38.3 Å². The first-order chi connectivity index (χ1) is 20.6. The number of fused-ring (bicyclic) bond motifs is 2. The number of carbonyl (C=O) groups is 2. The number of aliphatic hydroxyl groups excluding tert-OH is 2. The fourth-order valence-electron chi connectivity index (χ4n) is 5.42. The molecule has 1 unspecified atom stereocenters. The van der Waals surface area contributed by atoms with E-state index >= 15 is 0 Å². The van der Waals surface area contributed by atoms with E-state index in [2.05, 4.69) is 15.6 Å². The lowest BCUT2D eigenvalue weighted by Crippen LogP contribution is -2.51. The quantitative estimate of drug-likeness (QED) is 0.149. The average molecular weight is 630 g/mol. The second kappa shape index (κ2) is 12.8. The molecule has 5 N–H and O–H groups in total. The highest BCUT2D eigenvalue weighted by Crippen LogP contribution is 2.37. The first-order valence-corrected chi connectivity index (χ1v) is 14.4. The van der Waals surface area contributed by atoms with Gasteiger partial charge in [0, 0.05) is 44.0 Å². The van der Waals surface area contributed by atoms with Gasteiger partial charge in [-0.25, -0.2) is 4.79 Å². The number of nitrogens with zero attached hydrogens (tertiary/aromatic N) is 4. The minimum absolute atomic E-state index is 0.0326. The van der Waals surface area contributed by atoms with Crippen LogP contribution in [-0.4, -0.2) is 81.3 Å². The molecular formula is C29H30Cl2N6O6. The number of carboxylic acids is 1. The SMILES string of the molecule is C[C@@H]1CN(/C(=N/C#N)NC[C@H](NC(=O)c2c(Cl)cc3c(c2Cl)CCN(C(O)c2cc4ccccc4o2)C3)C(=O)O)C[C@H]1O. The fraction of sp³-hybridized carbons (Fsp3) is 0.379. The predicted octanol–water partition coefficient (Wildman–Crippen LogP) is 2.71. The third-order valence-corrected chi connectivity index (χ3v) is 8.52. The van der Waals surface area contributed by atoms with E-state index in [9.17, 15) is 24.9 Å². The van der Waals surface area contributed by atoms with Crippen molar-refractivity contribution in [3.63, 3.8) is 0 Å². The Morgan fingerprint density at radius 2 is 2.02 bits per heavy atom. The number of hydrogen-bond acceptors (Lipinski definition) is 8. The predicted molar refractivity (Wildman–Crippen MR) is 158 cm³/mol. The van der Waals surface area contributed by atoms with E-state index in [0.29, 0.717) is 43.0 Å². The third-order valence-electron chi connectivity index (χ3n) is 7.80. The number of likely N-dealkylation sites (tertiary alicyclic amines) is 1. The summed E-state index contributed by atoms with van der Waals surface area (Å²) in [7, 11) is 0. The van der Waals surface area contributed by atoms with Crippen LogP contribution in [0.15, 0.2) is 45.8 Å². The van der Waals surface area contributed by atoms with Crippen LogP contribution in [0.25, 0.3) is 11.0 Å². The van der Waals surface area contributed by atoms with Crippen molar-refractivity contribution >= 4 is 52.0 Å². The number of carboxylic acid groups (broad SMARTS) is 1. The van der Waals surface area contributed by atoms with Gasteiger partial charge < -0.3 is 35.3 Å². The summed E-state index contributed by atoms with van der Waals surface area (Å²) in [4.78, 5) is 32.5. The van der Waals surface area contributed by atoms with E-state index in [1.807, 2.05) is 31.2 Å². The van der Waals surface area contributed by atoms with Gasteiger partial charge in [-0.2, -0.15) is 5.26 Å². The van der Waals surface area contributed by atoms with Crippen LogP contribution in [0.1, 0.15) is 40.4 Å². The number of β-amino-alcohol motifs (C(OH)–C–C–N with tert-alkyl or cyclic N) is 1. The van der Waals surface area contributed by atoms with Gasteiger partial charge in [-0.05, 0) is 35.7 Å². The molecule has 1 saturated heterocycles. The second-order valence-corrected chi connectivity index (χ2v) is 11.5. The molecule has 0 aliphatic carbocycles. The maximum absolute atomic E-state index is 13.3. The number of aliphatic carboxylic acids is 1. The molecule has 2 aromatic carbocycles. The molecular weight excluding hydrogens is 599 g/mol. The molecule has 0 spiro atoms. The number of para-hydroxylation sites is 1. The Morgan fingerprint density at radius 1 is 1.26 bits per heavy atom. The zero-order valence-electron chi connectivity index (χ0n) is 23.1. The smallest absolute Gasteiger partial charge is 0.328 e. The Morgan fingerprint density at radius 3 is 2.70 bits per heavy atom. The lowest BCUT2D eigenvalue weighted by atomic mass is 9.96. The lowest BCUT2D eigenvalue weighted by molar-refractivity contribution is -0.139. The van der Waals surface area contributed by atoms with Crippen molar-refractivity contribution in [3.05, 3.63) is 68.9 Å². The van der Waals surface area contributed by atoms with E-state index in [1.165, 1.54) is 0 Å². The molecule has 2 aliphatic rings. The molecule has 1 aromatic heterocycles. The minimum atomic E-state index is -1.42. The number of carbonyl (C=O) groups excluding carboxylic acids is 1. The maximum Gasteiger partial charge on any atom is 0.328 e. The minimum Gasteiger partial charge on any atom is -0.480 e. The van der Waals surface area contributed by atoms with Crippen molar-refractivity contribution in [1.29, 1.82) is 5.26 Å². The summed E-state index contributed by atoms with van der Waals surface area (Å²) in [5.41, 5.74) is 2.02. The average Bonchev–Trinajstić information content (AvgIpc) is 3.56. The first kappa shape index (κ1) is 30.6. The van der Waals surface area contributed by atoms with Crippen molar-refractivity contribution < 1.29 is 29.3 Å². The van der Waals surface area contributed by atoms with Crippen molar-refractivity contribution in [1.82, 2.24) is 20.4 Å². The number of guanidine groups is 1. The largest absolute Gasteiger partial charge is 0.480 e. The third kappa shape index (κ3) is 6.41. The first-order valence-electron chi connectivity index (χ1n) is 13.6. The Balaban J connectivity index is 1.28. The Kier molecular flexibility index (Phi) is 9.10. The monoisotopic (exact) mass is 628 g/mol. The normalized spacial score (nSPS) is 20.4. The van der Waals surface area contributed by atoms with E-state index in [4.69, 9.17) is 32.9 Å². The summed E-state index contributed by atoms with van der Waals surface area (Å²) in [6, 6.07) is 9.44. The van der Waals surface area contributed by atoms with Gasteiger partial charge >= 0.3 is 5.97 Å². The second-order valence-electron chi connectivity index (χ2n) is 10.7. The zero-order valence-corrected chi connectivity index (χ0v) is 24.6. The number of hydrogen-bond donors (Lipinski definition) is 5. The van der Waals surface area contributed by atoms with Crippen LogP contribution < -0.4 is 10.6 Å². The number of halogens is 2. The highest BCUT2D eigenvalue weighted by atomic mass is 35.5. The number of amides is 1. The van der Waals surface area contributed by atoms with Gasteiger partial charge in [0.1, 0.15) is 17.4 Å². The highest BCUT2D eigenvalue weighted by molar-refractivity contribution is 6.40. The van der Waals surface area contributed by atoms with Gasteiger partial charge in [-0.1, -0.05) is 48.3 Å². The van der Waals surface area contributed by atoms with E-state index in [0.717, 1.165) is 10.9 Å². The molecule has 4 atom stereocenters. The molecule has 43 heavy (non-hydrogen) atoms. The van der Waals surface area contributed by atoms with Gasteiger partial charge in [0.2, 0.25) is 12.2 Å². The highest BCUT2D eigenvalue weighted by Gasteiger charge is 2.33. The molecule has 5 rings (SSSR count). The number of furan rings is 1. The van der Waals surface area contributed by atoms with Crippen molar-refractivity contribution in [2.75, 3.05) is 26.2 Å². The maximum atomic E-state index is 13.3. The molecule has 0 saturated carbocycles. The van der Waals surface area contributed by atoms with Crippen LogP contribution in [0.4, 0.5) is 0 Å². The van der Waals surface area contributed by atoms with Crippen LogP contribution in [0.3, 0.4) is 0 Å². The Bertz CT molecular complexity index is 1580. The van der Waals surface area contributed by atoms with Crippen LogP contribution in [0.5, 0.6) is 0 Å². The molecule has 3 aromatic rings. The number of nitrogens with one attached hydrogen (secondary N) is 2. The molecule has 226 valence electrons. The standard InChI is InChI=1S/C29H30Cl2N6O6/c1-15-11-37(13-21(15)38)29(34-14-32)33-10-20(28(41)42)35-26(39)24-19(30)8-17-12-36(7-6-18(17)25(24)31)27(40)23-9-16-4-2-3-5-22(16)43-23/h2-5,8-9,15,20-21,27,38,40H,6-7,10-13H2,1H3,(H,33,34)(H,35,39)(H,41,42)/t15-,20+,21-,27?/m1/s1. The Labute approximate surface area is 257 Å². The van der Waals surface area contributed by atoms with Crippen LogP contribution in [-0.2, 0) is 17.8 Å². The summed E-state index contributed by atoms with van der Waals surface area (Å²) in [5, 5.41) is 46.2. The molecule has 1 fully saturated rings. The van der Waals surface area contributed by atoms with Crippen LogP contribution >= 0.6 is 23.2 Å². The molecule has 12 nitrogen and oxygen atoms in total. The van der Waals surface area contributed by atoms with E-state index in [1.54, 1.807) is 28.1 Å². The lowest BCUT2D eigenvalue weighted by Gasteiger charge is -2.32. The number of benzene rings is 2. The molecule has 0 radical (unpaired) electrons. The molecule has 3 heterocycles. The van der Waals surface area contributed by atoms with E-state index < -0.39 is 30.3 Å². The van der Waals surface area contributed by atoms with Gasteiger partial charge in [0.05, 0.1) is 21.7 Å². The van der Waals surface area contributed by atoms with Crippen molar-refractivity contribution in [2.24, 2.45) is 10.9 Å². The number of aliphatic imine (C=N–C) groups is 1. The van der Waals surface area contributed by atoms with Crippen LogP contribution in [0.2, 0.25) is 10.0 Å². The summed E-state index contributed by atoms with van der Waals surface area (Å²) in [6.45, 7) is 2.91. The summed E-state index contributed by atoms with van der Waals surface area (Å²) >= 11 is 13.2. The van der Waals surface area contributed by atoms with Gasteiger partial charge in [0.15, 0.2) is 6.23 Å². The molecule has 0 bridgehead atoms. The van der Waals surface area contributed by atoms with E-state index in [-0.39, 0.29) is 40.6 Å². The summed E-state index contributed by atoms with van der Waals surface area (Å²) in [6.07, 6.45) is 0.451. The molecule has 14 heteroatoms. The zero-order chi connectivity index (χ0) is 30.8.